The summed E-state index contributed by atoms with van der Waals surface area (Å²) in [5.74, 6) is 0.405. The first-order chi connectivity index (χ1) is 9.47. The fraction of sp³-hybridized carbons (Fsp3) is 0.357. The van der Waals surface area contributed by atoms with Crippen molar-refractivity contribution in [3.63, 3.8) is 0 Å². The Balaban J connectivity index is 2.16. The van der Waals surface area contributed by atoms with Crippen molar-refractivity contribution in [3.05, 3.63) is 28.7 Å². The fourth-order valence-corrected chi connectivity index (χ4v) is 2.75. The number of benzene rings is 1. The van der Waals surface area contributed by atoms with Crippen molar-refractivity contribution in [3.8, 4) is 10.6 Å². The van der Waals surface area contributed by atoms with Crippen LogP contribution in [-0.2, 0) is 4.79 Å². The topological polar surface area (TPSA) is 46.1 Å². The molecule has 0 saturated carbocycles. The molecule has 2 rings (SSSR count). The summed E-state index contributed by atoms with van der Waals surface area (Å²) in [5, 5.41) is 9.71. The van der Waals surface area contributed by atoms with E-state index in [1.165, 1.54) is 11.3 Å². The van der Waals surface area contributed by atoms with Gasteiger partial charge in [0.2, 0.25) is 11.0 Å². The van der Waals surface area contributed by atoms with Crippen molar-refractivity contribution in [1.82, 2.24) is 10.2 Å². The lowest BCUT2D eigenvalue weighted by atomic mass is 10.1. The summed E-state index contributed by atoms with van der Waals surface area (Å²) < 4.78 is 1.02. The van der Waals surface area contributed by atoms with Crippen molar-refractivity contribution in [2.24, 2.45) is 5.92 Å². The van der Waals surface area contributed by atoms with Crippen LogP contribution in [0.1, 0.15) is 20.3 Å². The number of nitrogens with zero attached hydrogens (tertiary/aromatic N) is 3. The molecule has 0 radical (unpaired) electrons. The average molecular weight is 354 g/mol. The number of anilines is 1. The average Bonchev–Trinajstić information content (AvgIpc) is 2.87. The maximum atomic E-state index is 12.0. The molecule has 0 N–H and O–H groups in total. The quantitative estimate of drug-likeness (QED) is 0.834. The Morgan fingerprint density at radius 3 is 2.55 bits per heavy atom. The Labute approximate surface area is 131 Å². The van der Waals surface area contributed by atoms with E-state index in [1.807, 2.05) is 38.1 Å². The van der Waals surface area contributed by atoms with Crippen molar-refractivity contribution in [2.45, 2.75) is 20.3 Å². The highest BCUT2D eigenvalue weighted by Gasteiger charge is 2.17. The van der Waals surface area contributed by atoms with Gasteiger partial charge in [0.25, 0.3) is 0 Å². The molecule has 0 saturated heterocycles. The monoisotopic (exact) mass is 353 g/mol. The Morgan fingerprint density at radius 1 is 1.30 bits per heavy atom. The first-order valence-corrected chi connectivity index (χ1v) is 7.94. The van der Waals surface area contributed by atoms with Gasteiger partial charge in [0.05, 0.1) is 0 Å². The maximum Gasteiger partial charge on any atom is 0.228 e. The van der Waals surface area contributed by atoms with Crippen LogP contribution in [0.15, 0.2) is 28.7 Å². The van der Waals surface area contributed by atoms with Gasteiger partial charge in [0.15, 0.2) is 0 Å². The summed E-state index contributed by atoms with van der Waals surface area (Å²) in [7, 11) is 1.75. The Hall–Kier alpha value is -1.27. The molecule has 1 heterocycles. The third-order valence-corrected chi connectivity index (χ3v) is 4.33. The van der Waals surface area contributed by atoms with Crippen LogP contribution in [0.4, 0.5) is 5.13 Å². The van der Waals surface area contributed by atoms with E-state index in [9.17, 15) is 4.79 Å². The molecule has 0 unspecified atom stereocenters. The first-order valence-electron chi connectivity index (χ1n) is 6.33. The van der Waals surface area contributed by atoms with Crippen LogP contribution in [0.3, 0.4) is 0 Å². The molecule has 0 fully saturated rings. The number of aromatic nitrogens is 2. The molecule has 1 amide bonds. The van der Waals surface area contributed by atoms with Gasteiger partial charge in [0, 0.05) is 23.5 Å². The van der Waals surface area contributed by atoms with Gasteiger partial charge in [-0.3, -0.25) is 9.69 Å². The van der Waals surface area contributed by atoms with E-state index in [4.69, 9.17) is 0 Å². The van der Waals surface area contributed by atoms with Crippen LogP contribution in [0.5, 0.6) is 0 Å². The molecule has 4 nitrogen and oxygen atoms in total. The molecule has 106 valence electrons. The van der Waals surface area contributed by atoms with Crippen molar-refractivity contribution in [1.29, 1.82) is 0 Å². The molecule has 1 aromatic heterocycles. The van der Waals surface area contributed by atoms with Gasteiger partial charge in [-0.2, -0.15) is 0 Å². The Bertz CT molecular complexity index is 595. The number of hydrogen-bond acceptors (Lipinski definition) is 4. The summed E-state index contributed by atoms with van der Waals surface area (Å²) in [6.07, 6.45) is 0.518. The second-order valence-corrected chi connectivity index (χ2v) is 6.82. The minimum atomic E-state index is 0.0681. The third-order valence-electron chi connectivity index (χ3n) is 2.75. The zero-order valence-corrected chi connectivity index (χ0v) is 14.0. The lowest BCUT2D eigenvalue weighted by molar-refractivity contribution is -0.119. The number of halogens is 1. The number of carbonyl (C=O) groups is 1. The Morgan fingerprint density at radius 2 is 1.95 bits per heavy atom. The van der Waals surface area contributed by atoms with Crippen LogP contribution >= 0.6 is 27.3 Å². The summed E-state index contributed by atoms with van der Waals surface area (Å²) in [6, 6.07) is 7.88. The molecule has 0 bridgehead atoms. The predicted octanol–water partition coefficient (Wildman–Crippen LogP) is 3.98. The molecule has 0 aliphatic heterocycles. The molecule has 6 heteroatoms. The first kappa shape index (κ1) is 15.1. The minimum absolute atomic E-state index is 0.0681. The lowest BCUT2D eigenvalue weighted by Crippen LogP contribution is -2.27. The van der Waals surface area contributed by atoms with Gasteiger partial charge >= 0.3 is 0 Å². The van der Waals surface area contributed by atoms with E-state index >= 15 is 0 Å². The van der Waals surface area contributed by atoms with Gasteiger partial charge in [-0.05, 0) is 18.1 Å². The second kappa shape index (κ2) is 6.45. The minimum Gasteiger partial charge on any atom is -0.290 e. The zero-order chi connectivity index (χ0) is 14.7. The summed E-state index contributed by atoms with van der Waals surface area (Å²) >= 11 is 4.83. The summed E-state index contributed by atoms with van der Waals surface area (Å²) in [6.45, 7) is 4.05. The van der Waals surface area contributed by atoms with E-state index in [-0.39, 0.29) is 5.91 Å². The highest BCUT2D eigenvalue weighted by Crippen LogP contribution is 2.29. The molecular formula is C14H16BrN3OS. The van der Waals surface area contributed by atoms with E-state index < -0.39 is 0 Å². The molecule has 20 heavy (non-hydrogen) atoms. The van der Waals surface area contributed by atoms with E-state index in [1.54, 1.807) is 11.9 Å². The fourth-order valence-electron chi connectivity index (χ4n) is 1.65. The van der Waals surface area contributed by atoms with Crippen LogP contribution in [0, 0.1) is 5.92 Å². The molecule has 0 aliphatic carbocycles. The summed E-state index contributed by atoms with van der Waals surface area (Å²) in [5.41, 5.74) is 1.00. The number of hydrogen-bond donors (Lipinski definition) is 0. The van der Waals surface area contributed by atoms with E-state index in [0.717, 1.165) is 15.0 Å². The Kier molecular flexibility index (Phi) is 4.88. The van der Waals surface area contributed by atoms with Crippen molar-refractivity contribution >= 4 is 38.3 Å². The molecule has 0 aliphatic rings. The normalized spacial score (nSPS) is 10.8. The maximum absolute atomic E-state index is 12.0. The predicted molar refractivity (Wildman–Crippen MR) is 85.9 cm³/mol. The molecule has 1 aromatic carbocycles. The van der Waals surface area contributed by atoms with Gasteiger partial charge in [0.1, 0.15) is 5.01 Å². The van der Waals surface area contributed by atoms with Gasteiger partial charge in [-0.1, -0.05) is 53.2 Å². The van der Waals surface area contributed by atoms with E-state index in [2.05, 4.69) is 26.1 Å². The van der Waals surface area contributed by atoms with Crippen LogP contribution in [0.25, 0.3) is 10.6 Å². The second-order valence-electron chi connectivity index (χ2n) is 4.95. The number of carbonyl (C=O) groups excluding carboxylic acids is 1. The lowest BCUT2D eigenvalue weighted by Gasteiger charge is -2.14. The largest absolute Gasteiger partial charge is 0.290 e. The zero-order valence-electron chi connectivity index (χ0n) is 11.6. The van der Waals surface area contributed by atoms with E-state index in [0.29, 0.717) is 17.5 Å². The molecule has 0 atom stereocenters. The van der Waals surface area contributed by atoms with Gasteiger partial charge < -0.3 is 0 Å². The van der Waals surface area contributed by atoms with Crippen molar-refractivity contribution in [2.75, 3.05) is 11.9 Å². The number of amides is 1. The third kappa shape index (κ3) is 3.64. The van der Waals surface area contributed by atoms with Crippen LogP contribution < -0.4 is 4.90 Å². The molecule has 0 spiro atoms. The van der Waals surface area contributed by atoms with Gasteiger partial charge in [-0.25, -0.2) is 0 Å². The molecular weight excluding hydrogens is 338 g/mol. The van der Waals surface area contributed by atoms with Crippen LogP contribution in [-0.4, -0.2) is 23.2 Å². The van der Waals surface area contributed by atoms with Gasteiger partial charge in [-0.15, -0.1) is 10.2 Å². The SMILES string of the molecule is CC(C)CC(=O)N(C)c1nnc(-c2ccc(Br)cc2)s1. The molecule has 2 aromatic rings. The number of rotatable bonds is 4. The highest BCUT2D eigenvalue weighted by molar-refractivity contribution is 9.10. The van der Waals surface area contributed by atoms with Crippen molar-refractivity contribution < 1.29 is 4.79 Å². The standard InChI is InChI=1S/C14H16BrN3OS/c1-9(2)8-12(19)18(3)14-17-16-13(20-14)10-4-6-11(15)7-5-10/h4-7,9H,8H2,1-3H3. The summed E-state index contributed by atoms with van der Waals surface area (Å²) in [4.78, 5) is 13.6. The smallest absolute Gasteiger partial charge is 0.228 e. The highest BCUT2D eigenvalue weighted by atomic mass is 79.9. The van der Waals surface area contributed by atoms with Crippen LogP contribution in [0.2, 0.25) is 0 Å².